The molecular weight excluding hydrogens is 162 g/mol. The lowest BCUT2D eigenvalue weighted by Crippen LogP contribution is -2.15. The molecule has 0 unspecified atom stereocenters. The summed E-state index contributed by atoms with van der Waals surface area (Å²) >= 11 is 0. The third-order valence-corrected chi connectivity index (χ3v) is 2.27. The monoisotopic (exact) mass is 179 g/mol. The highest BCUT2D eigenvalue weighted by molar-refractivity contribution is 5.35. The second kappa shape index (κ2) is 4.87. The van der Waals surface area contributed by atoms with Crippen molar-refractivity contribution in [1.29, 1.82) is 0 Å². The molecule has 0 spiro atoms. The number of nitrogens with one attached hydrogen (secondary N) is 1. The van der Waals surface area contributed by atoms with E-state index >= 15 is 0 Å². The number of rotatable bonds is 4. The van der Waals surface area contributed by atoms with Gasteiger partial charge in [-0.25, -0.2) is 0 Å². The van der Waals surface area contributed by atoms with Crippen LogP contribution in [0.3, 0.4) is 0 Å². The van der Waals surface area contributed by atoms with Crippen LogP contribution in [0.25, 0.3) is 0 Å². The van der Waals surface area contributed by atoms with Gasteiger partial charge in [-0.2, -0.15) is 0 Å². The fraction of sp³-hybridized carbons (Fsp3) is 0.455. The highest BCUT2D eigenvalue weighted by Crippen LogP contribution is 2.26. The standard InChI is InChI=1S/C11H17NO/c1-4-10(12-2)9-7-5-6-8-11(9)13-3/h5-8,10,12H,4H2,1-3H3/t10-/m0/s1. The largest absolute Gasteiger partial charge is 0.496 e. The Balaban J connectivity index is 2.96. The van der Waals surface area contributed by atoms with Crippen LogP contribution in [-0.4, -0.2) is 14.2 Å². The summed E-state index contributed by atoms with van der Waals surface area (Å²) in [5.41, 5.74) is 1.23. The molecule has 1 aromatic carbocycles. The Labute approximate surface area is 79.9 Å². The lowest BCUT2D eigenvalue weighted by Gasteiger charge is -2.17. The summed E-state index contributed by atoms with van der Waals surface area (Å²) < 4.78 is 5.29. The van der Waals surface area contributed by atoms with Crippen molar-refractivity contribution in [3.8, 4) is 5.75 Å². The van der Waals surface area contributed by atoms with E-state index in [-0.39, 0.29) is 0 Å². The summed E-state index contributed by atoms with van der Waals surface area (Å²) in [6.07, 6.45) is 1.07. The van der Waals surface area contributed by atoms with Crippen LogP contribution in [0.5, 0.6) is 5.75 Å². The molecule has 0 heterocycles. The molecule has 2 nitrogen and oxygen atoms in total. The smallest absolute Gasteiger partial charge is 0.123 e. The van der Waals surface area contributed by atoms with Crippen LogP contribution < -0.4 is 10.1 Å². The van der Waals surface area contributed by atoms with Crippen LogP contribution in [0.2, 0.25) is 0 Å². The molecule has 0 saturated carbocycles. The fourth-order valence-electron chi connectivity index (χ4n) is 1.53. The SMILES string of the molecule is CC[C@H](NC)c1ccccc1OC. The maximum absolute atomic E-state index is 5.29. The third-order valence-electron chi connectivity index (χ3n) is 2.27. The van der Waals surface area contributed by atoms with Gasteiger partial charge in [0.05, 0.1) is 7.11 Å². The van der Waals surface area contributed by atoms with E-state index in [1.807, 2.05) is 25.2 Å². The molecule has 2 heteroatoms. The van der Waals surface area contributed by atoms with Crippen molar-refractivity contribution in [2.75, 3.05) is 14.2 Å². The van der Waals surface area contributed by atoms with Crippen LogP contribution in [0.4, 0.5) is 0 Å². The van der Waals surface area contributed by atoms with Crippen molar-refractivity contribution in [2.45, 2.75) is 19.4 Å². The van der Waals surface area contributed by atoms with E-state index in [1.54, 1.807) is 7.11 Å². The van der Waals surface area contributed by atoms with E-state index in [0.717, 1.165) is 12.2 Å². The number of benzene rings is 1. The van der Waals surface area contributed by atoms with Crippen LogP contribution in [0.15, 0.2) is 24.3 Å². The van der Waals surface area contributed by atoms with Gasteiger partial charge in [0.2, 0.25) is 0 Å². The Morgan fingerprint density at radius 1 is 1.38 bits per heavy atom. The summed E-state index contributed by atoms with van der Waals surface area (Å²) in [5.74, 6) is 0.962. The zero-order chi connectivity index (χ0) is 9.68. The van der Waals surface area contributed by atoms with Gasteiger partial charge in [0.25, 0.3) is 0 Å². The second-order valence-electron chi connectivity index (χ2n) is 2.99. The zero-order valence-corrected chi connectivity index (χ0v) is 8.50. The van der Waals surface area contributed by atoms with E-state index in [0.29, 0.717) is 6.04 Å². The second-order valence-corrected chi connectivity index (χ2v) is 2.99. The van der Waals surface area contributed by atoms with Gasteiger partial charge in [0.1, 0.15) is 5.75 Å². The molecule has 0 aliphatic heterocycles. The summed E-state index contributed by atoms with van der Waals surface area (Å²) in [4.78, 5) is 0. The first-order chi connectivity index (χ1) is 6.33. The van der Waals surface area contributed by atoms with Crippen molar-refractivity contribution >= 4 is 0 Å². The number of methoxy groups -OCH3 is 1. The Bertz CT molecular complexity index is 256. The molecule has 1 atom stereocenters. The van der Waals surface area contributed by atoms with Crippen LogP contribution in [0.1, 0.15) is 24.9 Å². The lowest BCUT2D eigenvalue weighted by molar-refractivity contribution is 0.400. The first kappa shape index (κ1) is 10.1. The van der Waals surface area contributed by atoms with E-state index in [1.165, 1.54) is 5.56 Å². The molecule has 0 radical (unpaired) electrons. The Hall–Kier alpha value is -1.02. The van der Waals surface area contributed by atoms with Gasteiger partial charge in [0, 0.05) is 11.6 Å². The van der Waals surface area contributed by atoms with E-state index in [2.05, 4.69) is 18.3 Å². The fourth-order valence-corrected chi connectivity index (χ4v) is 1.53. The molecule has 0 amide bonds. The quantitative estimate of drug-likeness (QED) is 0.766. The molecule has 0 bridgehead atoms. The average molecular weight is 179 g/mol. The molecule has 1 N–H and O–H groups in total. The maximum Gasteiger partial charge on any atom is 0.123 e. The normalized spacial score (nSPS) is 12.5. The van der Waals surface area contributed by atoms with Crippen LogP contribution in [-0.2, 0) is 0 Å². The molecule has 1 rings (SSSR count). The maximum atomic E-state index is 5.29. The minimum absolute atomic E-state index is 0.385. The van der Waals surface area contributed by atoms with Gasteiger partial charge in [-0.15, -0.1) is 0 Å². The van der Waals surface area contributed by atoms with Crippen molar-refractivity contribution in [3.63, 3.8) is 0 Å². The summed E-state index contributed by atoms with van der Waals surface area (Å²) in [5, 5.41) is 3.26. The van der Waals surface area contributed by atoms with Crippen LogP contribution in [0, 0.1) is 0 Å². The number of para-hydroxylation sites is 1. The van der Waals surface area contributed by atoms with Gasteiger partial charge < -0.3 is 10.1 Å². The van der Waals surface area contributed by atoms with E-state index in [9.17, 15) is 0 Å². The predicted molar refractivity (Wildman–Crippen MR) is 55.1 cm³/mol. The molecule has 0 aromatic heterocycles. The number of ether oxygens (including phenoxy) is 1. The Morgan fingerprint density at radius 2 is 2.08 bits per heavy atom. The molecule has 0 saturated heterocycles. The van der Waals surface area contributed by atoms with Gasteiger partial charge in [-0.3, -0.25) is 0 Å². The van der Waals surface area contributed by atoms with Gasteiger partial charge in [-0.05, 0) is 19.5 Å². The molecule has 0 aliphatic carbocycles. The first-order valence-electron chi connectivity index (χ1n) is 4.63. The van der Waals surface area contributed by atoms with Gasteiger partial charge >= 0.3 is 0 Å². The average Bonchev–Trinajstić information content (AvgIpc) is 2.20. The minimum Gasteiger partial charge on any atom is -0.496 e. The Kier molecular flexibility index (Phi) is 3.77. The third kappa shape index (κ3) is 2.22. The van der Waals surface area contributed by atoms with Crippen molar-refractivity contribution in [1.82, 2.24) is 5.32 Å². The van der Waals surface area contributed by atoms with Crippen molar-refractivity contribution in [2.24, 2.45) is 0 Å². The highest BCUT2D eigenvalue weighted by atomic mass is 16.5. The minimum atomic E-state index is 0.385. The van der Waals surface area contributed by atoms with Crippen molar-refractivity contribution < 1.29 is 4.74 Å². The molecule has 0 fully saturated rings. The van der Waals surface area contributed by atoms with Crippen LogP contribution >= 0.6 is 0 Å². The highest BCUT2D eigenvalue weighted by Gasteiger charge is 2.10. The molecular formula is C11H17NO. The van der Waals surface area contributed by atoms with Gasteiger partial charge in [-0.1, -0.05) is 25.1 Å². The first-order valence-corrected chi connectivity index (χ1v) is 4.63. The van der Waals surface area contributed by atoms with E-state index in [4.69, 9.17) is 4.74 Å². The van der Waals surface area contributed by atoms with Crippen molar-refractivity contribution in [3.05, 3.63) is 29.8 Å². The summed E-state index contributed by atoms with van der Waals surface area (Å²) in [6, 6.07) is 8.51. The Morgan fingerprint density at radius 3 is 2.62 bits per heavy atom. The molecule has 13 heavy (non-hydrogen) atoms. The topological polar surface area (TPSA) is 21.3 Å². The van der Waals surface area contributed by atoms with Gasteiger partial charge in [0.15, 0.2) is 0 Å². The summed E-state index contributed by atoms with van der Waals surface area (Å²) in [6.45, 7) is 2.16. The molecule has 1 aromatic rings. The number of hydrogen-bond donors (Lipinski definition) is 1. The lowest BCUT2D eigenvalue weighted by atomic mass is 10.0. The van der Waals surface area contributed by atoms with E-state index < -0.39 is 0 Å². The molecule has 72 valence electrons. The zero-order valence-electron chi connectivity index (χ0n) is 8.50. The number of hydrogen-bond acceptors (Lipinski definition) is 2. The molecule has 0 aliphatic rings. The summed E-state index contributed by atoms with van der Waals surface area (Å²) in [7, 11) is 3.68. The predicted octanol–water partition coefficient (Wildman–Crippen LogP) is 2.37.